The minimum absolute atomic E-state index is 0. The number of para-hydroxylation sites is 2. The average molecular weight is 780 g/mol. The monoisotopic (exact) mass is 779 g/mol. The summed E-state index contributed by atoms with van der Waals surface area (Å²) in [6, 6.07) is 22.9. The van der Waals surface area contributed by atoms with Gasteiger partial charge >= 0.3 is 16.8 Å². The number of phenolic OH excluding ortho intramolecular Hbond substituents is 1. The van der Waals surface area contributed by atoms with Crippen LogP contribution in [-0.4, -0.2) is 21.2 Å². The average Bonchev–Trinajstić information content (AvgIpc) is 3.12. The number of aromatic nitrogens is 1. The van der Waals surface area contributed by atoms with E-state index in [1.54, 1.807) is 6.07 Å². The minimum Gasteiger partial charge on any atom is -0.545 e. The number of aromatic hydroxyl groups is 2. The molecule has 294 valence electrons. The fourth-order valence-electron chi connectivity index (χ4n) is 7.53. The Morgan fingerprint density at radius 2 is 1.02 bits per heavy atom. The van der Waals surface area contributed by atoms with Gasteiger partial charge in [0, 0.05) is 16.9 Å². The smallest absolute Gasteiger partial charge is 0.545 e. The number of carbonyl (C=O) groups excluding carboxylic acids is 1. The molecule has 0 spiro atoms. The summed E-state index contributed by atoms with van der Waals surface area (Å²) in [5.41, 5.74) is 10.5. The summed E-state index contributed by atoms with van der Waals surface area (Å²) in [6.07, 6.45) is 5.15. The number of hydrogen-bond acceptors (Lipinski definition) is 7. The van der Waals surface area contributed by atoms with Crippen LogP contribution in [0.15, 0.2) is 66.7 Å². The molecule has 8 heteroatoms. The summed E-state index contributed by atoms with van der Waals surface area (Å²) >= 11 is 0. The molecule has 4 aromatic rings. The molecule has 54 heavy (non-hydrogen) atoms. The zero-order valence-corrected chi connectivity index (χ0v) is 35.0. The fraction of sp³-hybridized carbons (Fsp3) is 0.478. The van der Waals surface area contributed by atoms with E-state index in [-0.39, 0.29) is 40.3 Å². The first kappa shape index (κ1) is 44.4. The number of hydrogen-bond donors (Lipinski definition) is 4. The van der Waals surface area contributed by atoms with Gasteiger partial charge in [-0.1, -0.05) is 123 Å². The Hall–Kier alpha value is -4.01. The largest absolute Gasteiger partial charge is 1.00 e. The SMILES string of the molecule is CC(C)c1cccc(C(C)C)c1NC(C)c1cccc(C(C)Nc2c(C(C)C)cccc2C(C)C)n1.O=C([O-])c1c(C2CCCCC2)ccc(O)c1O.[Co+]. The minimum atomic E-state index is -1.43. The van der Waals surface area contributed by atoms with Gasteiger partial charge in [0.25, 0.3) is 0 Å². The molecule has 2 atom stereocenters. The van der Waals surface area contributed by atoms with E-state index >= 15 is 0 Å². The molecule has 2 unspecified atom stereocenters. The van der Waals surface area contributed by atoms with Gasteiger partial charge in [-0.05, 0) is 102 Å². The van der Waals surface area contributed by atoms with Gasteiger partial charge in [0.2, 0.25) is 0 Å². The van der Waals surface area contributed by atoms with Gasteiger partial charge in [-0.3, -0.25) is 4.98 Å². The van der Waals surface area contributed by atoms with Crippen LogP contribution in [0, 0.1) is 0 Å². The number of aromatic carboxylic acids is 1. The Morgan fingerprint density at radius 1 is 0.630 bits per heavy atom. The molecule has 1 aliphatic carbocycles. The summed E-state index contributed by atoms with van der Waals surface area (Å²) < 4.78 is 0. The van der Waals surface area contributed by atoms with E-state index in [1.807, 2.05) is 0 Å². The molecule has 7 nitrogen and oxygen atoms in total. The van der Waals surface area contributed by atoms with Crippen LogP contribution in [0.2, 0.25) is 0 Å². The molecule has 0 radical (unpaired) electrons. The van der Waals surface area contributed by atoms with Crippen molar-refractivity contribution in [2.24, 2.45) is 0 Å². The Kier molecular flexibility index (Phi) is 16.5. The number of carboxylic acid groups (broad SMARTS) is 1. The maximum Gasteiger partial charge on any atom is 1.00 e. The first-order valence-electron chi connectivity index (χ1n) is 19.6. The first-order valence-corrected chi connectivity index (χ1v) is 19.6. The van der Waals surface area contributed by atoms with Crippen LogP contribution in [-0.2, 0) is 16.8 Å². The van der Waals surface area contributed by atoms with E-state index < -0.39 is 17.5 Å². The third-order valence-corrected chi connectivity index (χ3v) is 10.6. The van der Waals surface area contributed by atoms with Crippen LogP contribution in [0.25, 0.3) is 0 Å². The Balaban J connectivity index is 0.000000364. The van der Waals surface area contributed by atoms with Crippen molar-refractivity contribution >= 4 is 17.3 Å². The maximum atomic E-state index is 11.1. The van der Waals surface area contributed by atoms with Crippen molar-refractivity contribution in [3.8, 4) is 11.5 Å². The van der Waals surface area contributed by atoms with Gasteiger partial charge in [0.1, 0.15) is 0 Å². The van der Waals surface area contributed by atoms with Crippen molar-refractivity contribution < 1.29 is 36.9 Å². The Bertz CT molecular complexity index is 1690. The number of carboxylic acids is 1. The fourth-order valence-corrected chi connectivity index (χ4v) is 7.53. The molecule has 5 rings (SSSR count). The molecular formula is C46H62CoN3O4. The molecule has 1 saturated carbocycles. The number of nitrogens with zero attached hydrogens (tertiary/aromatic N) is 1. The second-order valence-electron chi connectivity index (χ2n) is 16.0. The molecule has 0 saturated heterocycles. The second kappa shape index (κ2) is 20.1. The van der Waals surface area contributed by atoms with Crippen molar-refractivity contribution in [3.05, 3.63) is 111 Å². The van der Waals surface area contributed by atoms with E-state index in [2.05, 4.69) is 134 Å². The second-order valence-corrected chi connectivity index (χ2v) is 16.0. The van der Waals surface area contributed by atoms with E-state index in [0.717, 1.165) is 37.1 Å². The van der Waals surface area contributed by atoms with Crippen molar-refractivity contribution in [1.82, 2.24) is 4.98 Å². The number of benzene rings is 3. The molecule has 4 N–H and O–H groups in total. The zero-order chi connectivity index (χ0) is 39.0. The number of nitrogens with one attached hydrogen (secondary N) is 2. The summed E-state index contributed by atoms with van der Waals surface area (Å²) in [5, 5.41) is 37.7. The van der Waals surface area contributed by atoms with Gasteiger partial charge in [-0.25, -0.2) is 0 Å². The van der Waals surface area contributed by atoms with Crippen LogP contribution in [0.5, 0.6) is 11.5 Å². The van der Waals surface area contributed by atoms with E-state index in [0.29, 0.717) is 29.2 Å². The summed E-state index contributed by atoms with van der Waals surface area (Å²) in [5.74, 6) is -0.452. The molecule has 0 aliphatic heterocycles. The third-order valence-electron chi connectivity index (χ3n) is 10.6. The summed E-state index contributed by atoms with van der Waals surface area (Å²) in [4.78, 5) is 16.2. The van der Waals surface area contributed by atoms with Gasteiger partial charge in [0.15, 0.2) is 11.5 Å². The van der Waals surface area contributed by atoms with Gasteiger partial charge in [-0.2, -0.15) is 0 Å². The number of pyridine rings is 1. The normalized spacial score (nSPS) is 14.3. The predicted molar refractivity (Wildman–Crippen MR) is 217 cm³/mol. The quantitative estimate of drug-likeness (QED) is 0.106. The molecule has 1 aliphatic rings. The molecule has 1 aromatic heterocycles. The Morgan fingerprint density at radius 3 is 1.39 bits per heavy atom. The number of anilines is 2. The van der Waals surface area contributed by atoms with Crippen LogP contribution in [0.4, 0.5) is 11.4 Å². The van der Waals surface area contributed by atoms with Gasteiger partial charge < -0.3 is 30.7 Å². The van der Waals surface area contributed by atoms with E-state index in [4.69, 9.17) is 4.98 Å². The number of rotatable bonds is 12. The van der Waals surface area contributed by atoms with Crippen LogP contribution in [0.3, 0.4) is 0 Å². The van der Waals surface area contributed by atoms with Gasteiger partial charge in [0.05, 0.1) is 29.4 Å². The summed E-state index contributed by atoms with van der Waals surface area (Å²) in [7, 11) is 0. The predicted octanol–water partition coefficient (Wildman–Crippen LogP) is 11.4. The standard InChI is InChI=1S/C33H47N3.C13H16O4.Co/c1-20(2)26-14-11-15-27(21(3)4)32(26)34-24(9)30-18-13-19-31(36-30)25(10)35-33-28(22(5)6)16-12-17-29(33)23(7)8;14-10-7-6-9(8-4-2-1-3-5-8)11(12(10)15)13(16)17;/h11-25,34-35H,1-10H3;6-8,14-15H,1-5H2,(H,16,17);/q;;+1/p-1. The molecule has 1 heterocycles. The first-order chi connectivity index (χ1) is 25.1. The Labute approximate surface area is 334 Å². The van der Waals surface area contributed by atoms with Crippen molar-refractivity contribution in [2.75, 3.05) is 10.6 Å². The topological polar surface area (TPSA) is 118 Å². The maximum absolute atomic E-state index is 11.1. The molecule has 0 bridgehead atoms. The summed E-state index contributed by atoms with van der Waals surface area (Å²) in [6.45, 7) is 22.6. The molecule has 1 fully saturated rings. The number of phenols is 2. The van der Waals surface area contributed by atoms with Crippen LogP contribution < -0.4 is 15.7 Å². The third kappa shape index (κ3) is 10.8. The van der Waals surface area contributed by atoms with Crippen molar-refractivity contribution in [1.29, 1.82) is 0 Å². The molecule has 3 aromatic carbocycles. The number of carbonyl (C=O) groups is 1. The zero-order valence-electron chi connectivity index (χ0n) is 33.9. The van der Waals surface area contributed by atoms with E-state index in [9.17, 15) is 20.1 Å². The van der Waals surface area contributed by atoms with Gasteiger partial charge in [-0.15, -0.1) is 0 Å². The molecule has 0 amide bonds. The van der Waals surface area contributed by atoms with Crippen LogP contribution >= 0.6 is 0 Å². The van der Waals surface area contributed by atoms with Crippen molar-refractivity contribution in [2.45, 2.75) is 143 Å². The van der Waals surface area contributed by atoms with Crippen molar-refractivity contribution in [3.63, 3.8) is 0 Å². The van der Waals surface area contributed by atoms with Crippen LogP contribution in [0.1, 0.15) is 193 Å². The van der Waals surface area contributed by atoms with E-state index in [1.165, 1.54) is 46.1 Å². The molecular weight excluding hydrogens is 717 g/mol.